The van der Waals surface area contributed by atoms with E-state index in [1.807, 2.05) is 18.2 Å². The van der Waals surface area contributed by atoms with Crippen molar-refractivity contribution in [3.05, 3.63) is 54.6 Å². The zero-order chi connectivity index (χ0) is 27.3. The molecule has 0 spiro atoms. The topological polar surface area (TPSA) is 73.9 Å². The van der Waals surface area contributed by atoms with Crippen molar-refractivity contribution in [3.8, 4) is 11.5 Å². The Balaban J connectivity index is 1.56. The van der Waals surface area contributed by atoms with Crippen LogP contribution < -0.4 is 14.8 Å². The largest absolute Gasteiger partial charge is 0.494 e. The van der Waals surface area contributed by atoms with E-state index in [-0.39, 0.29) is 0 Å². The third-order valence-corrected chi connectivity index (χ3v) is 6.54. The summed E-state index contributed by atoms with van der Waals surface area (Å²) >= 11 is 0. The molecule has 6 nitrogen and oxygen atoms in total. The third kappa shape index (κ3) is 13.5. The summed E-state index contributed by atoms with van der Waals surface area (Å²) in [6.45, 7) is 2.95. The summed E-state index contributed by atoms with van der Waals surface area (Å²) in [5.74, 6) is -0.204. The Bertz CT molecular complexity index is 884. The van der Waals surface area contributed by atoms with Crippen LogP contribution in [0.1, 0.15) is 96.8 Å². The van der Waals surface area contributed by atoms with Crippen LogP contribution in [-0.2, 0) is 14.3 Å². The Morgan fingerprint density at radius 3 is 1.74 bits per heavy atom. The zero-order valence-corrected chi connectivity index (χ0v) is 23.4. The maximum absolute atomic E-state index is 12.7. The number of hydrogen-bond acceptors (Lipinski definition) is 5. The minimum Gasteiger partial charge on any atom is -0.494 e. The van der Waals surface area contributed by atoms with Crippen LogP contribution in [0.3, 0.4) is 0 Å². The van der Waals surface area contributed by atoms with Gasteiger partial charge in [-0.1, -0.05) is 109 Å². The molecule has 0 radical (unpaired) electrons. The number of esters is 1. The number of hydrogen-bond donors (Lipinski definition) is 1. The number of nitrogens with one attached hydrogen (secondary N) is 1. The molecule has 0 aliphatic carbocycles. The van der Waals surface area contributed by atoms with Crippen molar-refractivity contribution < 1.29 is 23.8 Å². The Morgan fingerprint density at radius 2 is 1.21 bits per heavy atom. The van der Waals surface area contributed by atoms with Crippen molar-refractivity contribution in [2.45, 2.75) is 103 Å². The lowest BCUT2D eigenvalue weighted by molar-refractivity contribution is -0.152. The van der Waals surface area contributed by atoms with Crippen molar-refractivity contribution >= 4 is 17.6 Å². The number of para-hydroxylation sites is 1. The molecule has 1 atom stereocenters. The molecular formula is C32H47NO5. The first-order valence-electron chi connectivity index (χ1n) is 14.5. The smallest absolute Gasteiger partial charge is 0.357 e. The summed E-state index contributed by atoms with van der Waals surface area (Å²) in [5, 5.41) is 2.71. The number of carbonyl (C=O) groups excluding carboxylic acids is 2. The standard InChI is InChI=1S/C32H47NO5/c1-3-4-5-6-7-8-9-10-11-12-13-14-15-19-26-37-28-24-22-27(23-25-28)33-31(34)30(32(35)36-2)38-29-20-17-16-18-21-29/h16-18,20-25,30H,3-15,19,26H2,1-2H3,(H,33,34). The fourth-order valence-corrected chi connectivity index (χ4v) is 4.28. The Hall–Kier alpha value is -3.02. The van der Waals surface area contributed by atoms with Gasteiger partial charge in [0.1, 0.15) is 11.5 Å². The van der Waals surface area contributed by atoms with Gasteiger partial charge in [-0.2, -0.15) is 0 Å². The highest BCUT2D eigenvalue weighted by molar-refractivity contribution is 6.07. The van der Waals surface area contributed by atoms with Gasteiger partial charge in [0.05, 0.1) is 13.7 Å². The lowest BCUT2D eigenvalue weighted by atomic mass is 10.0. The average Bonchev–Trinajstić information content (AvgIpc) is 2.94. The summed E-state index contributed by atoms with van der Waals surface area (Å²) in [5.41, 5.74) is 0.546. The van der Waals surface area contributed by atoms with Crippen LogP contribution in [0.2, 0.25) is 0 Å². The molecule has 0 bridgehead atoms. The van der Waals surface area contributed by atoms with Gasteiger partial charge in [0, 0.05) is 5.69 Å². The second kappa shape index (κ2) is 20.0. The van der Waals surface area contributed by atoms with Gasteiger partial charge in [-0.05, 0) is 42.8 Å². The Labute approximate surface area is 229 Å². The summed E-state index contributed by atoms with van der Waals surface area (Å²) < 4.78 is 16.1. The molecule has 2 aromatic carbocycles. The van der Waals surface area contributed by atoms with Gasteiger partial charge >= 0.3 is 5.97 Å². The molecule has 1 N–H and O–H groups in total. The molecule has 38 heavy (non-hydrogen) atoms. The van der Waals surface area contributed by atoms with E-state index in [2.05, 4.69) is 12.2 Å². The van der Waals surface area contributed by atoms with Crippen LogP contribution in [-0.4, -0.2) is 31.7 Å². The molecule has 0 saturated carbocycles. The molecule has 0 heterocycles. The fraction of sp³-hybridized carbons (Fsp3) is 0.562. The summed E-state index contributed by atoms with van der Waals surface area (Å²) in [6.07, 6.45) is 17.3. The van der Waals surface area contributed by atoms with Crippen molar-refractivity contribution in [1.29, 1.82) is 0 Å². The highest BCUT2D eigenvalue weighted by Gasteiger charge is 2.30. The molecule has 2 rings (SSSR count). The van der Waals surface area contributed by atoms with Gasteiger partial charge in [-0.25, -0.2) is 4.79 Å². The quantitative estimate of drug-likeness (QED) is 0.101. The SMILES string of the molecule is CCCCCCCCCCCCCCCCOc1ccc(NC(=O)C(Oc2ccccc2)C(=O)OC)cc1. The highest BCUT2D eigenvalue weighted by Crippen LogP contribution is 2.18. The van der Waals surface area contributed by atoms with E-state index in [9.17, 15) is 9.59 Å². The van der Waals surface area contributed by atoms with E-state index in [1.54, 1.807) is 36.4 Å². The maximum atomic E-state index is 12.7. The van der Waals surface area contributed by atoms with Gasteiger partial charge in [0.15, 0.2) is 0 Å². The normalized spacial score (nSPS) is 11.5. The summed E-state index contributed by atoms with van der Waals surface area (Å²) in [4.78, 5) is 24.8. The van der Waals surface area contributed by atoms with Crippen LogP contribution in [0.15, 0.2) is 54.6 Å². The average molecular weight is 526 g/mol. The number of amides is 1. The summed E-state index contributed by atoms with van der Waals surface area (Å²) in [6, 6.07) is 15.8. The minimum atomic E-state index is -1.40. The van der Waals surface area contributed by atoms with Crippen LogP contribution in [0.25, 0.3) is 0 Å². The molecule has 1 unspecified atom stereocenters. The van der Waals surface area contributed by atoms with Gasteiger partial charge in [-0.3, -0.25) is 4.79 Å². The van der Waals surface area contributed by atoms with Crippen molar-refractivity contribution in [2.75, 3.05) is 19.0 Å². The monoisotopic (exact) mass is 525 g/mol. The van der Waals surface area contributed by atoms with Gasteiger partial charge in [-0.15, -0.1) is 0 Å². The number of carbonyl (C=O) groups is 2. The first kappa shape index (κ1) is 31.2. The fourth-order valence-electron chi connectivity index (χ4n) is 4.28. The van der Waals surface area contributed by atoms with Crippen LogP contribution >= 0.6 is 0 Å². The van der Waals surface area contributed by atoms with Crippen molar-refractivity contribution in [3.63, 3.8) is 0 Å². The van der Waals surface area contributed by atoms with E-state index < -0.39 is 18.0 Å². The number of methoxy groups -OCH3 is 1. The molecule has 6 heteroatoms. The van der Waals surface area contributed by atoms with Crippen molar-refractivity contribution in [1.82, 2.24) is 0 Å². The Kier molecular flexibility index (Phi) is 16.4. The van der Waals surface area contributed by atoms with E-state index in [0.717, 1.165) is 12.2 Å². The molecule has 0 fully saturated rings. The first-order valence-corrected chi connectivity index (χ1v) is 14.5. The highest BCUT2D eigenvalue weighted by atomic mass is 16.6. The third-order valence-electron chi connectivity index (χ3n) is 6.54. The van der Waals surface area contributed by atoms with E-state index in [1.165, 1.54) is 90.6 Å². The molecule has 0 saturated heterocycles. The number of unbranched alkanes of at least 4 members (excludes halogenated alkanes) is 13. The van der Waals surface area contributed by atoms with Gasteiger partial charge < -0.3 is 19.5 Å². The lowest BCUT2D eigenvalue weighted by Crippen LogP contribution is -2.40. The number of ether oxygens (including phenoxy) is 3. The molecule has 0 aliphatic rings. The zero-order valence-electron chi connectivity index (χ0n) is 23.4. The Morgan fingerprint density at radius 1 is 0.684 bits per heavy atom. The van der Waals surface area contributed by atoms with Crippen LogP contribution in [0.5, 0.6) is 11.5 Å². The predicted molar refractivity (Wildman–Crippen MR) is 154 cm³/mol. The molecule has 0 aromatic heterocycles. The molecule has 210 valence electrons. The predicted octanol–water partition coefficient (Wildman–Crippen LogP) is 8.11. The maximum Gasteiger partial charge on any atom is 0.357 e. The number of anilines is 1. The second-order valence-corrected chi connectivity index (χ2v) is 9.79. The van der Waals surface area contributed by atoms with Crippen LogP contribution in [0.4, 0.5) is 5.69 Å². The number of rotatable bonds is 21. The van der Waals surface area contributed by atoms with Gasteiger partial charge in [0.2, 0.25) is 0 Å². The van der Waals surface area contributed by atoms with E-state index >= 15 is 0 Å². The number of benzene rings is 2. The van der Waals surface area contributed by atoms with Crippen LogP contribution in [0, 0.1) is 0 Å². The minimum absolute atomic E-state index is 0.408. The lowest BCUT2D eigenvalue weighted by Gasteiger charge is -2.17. The van der Waals surface area contributed by atoms with E-state index in [4.69, 9.17) is 14.2 Å². The molecule has 1 amide bonds. The van der Waals surface area contributed by atoms with Crippen molar-refractivity contribution in [2.24, 2.45) is 0 Å². The van der Waals surface area contributed by atoms with E-state index in [0.29, 0.717) is 18.0 Å². The molecular weight excluding hydrogens is 478 g/mol. The van der Waals surface area contributed by atoms with Gasteiger partial charge in [0.25, 0.3) is 12.0 Å². The molecule has 0 aliphatic heterocycles. The first-order chi connectivity index (χ1) is 18.6. The summed E-state index contributed by atoms with van der Waals surface area (Å²) in [7, 11) is 1.22. The second-order valence-electron chi connectivity index (χ2n) is 9.79. The molecule has 2 aromatic rings.